The zero-order valence-corrected chi connectivity index (χ0v) is 11.7. The van der Waals surface area contributed by atoms with E-state index < -0.39 is 11.7 Å². The lowest BCUT2D eigenvalue weighted by molar-refractivity contribution is 0.0636. The van der Waals surface area contributed by atoms with Crippen LogP contribution in [0.1, 0.15) is 34.6 Å². The summed E-state index contributed by atoms with van der Waals surface area (Å²) in [4.78, 5) is 11.5. The van der Waals surface area contributed by atoms with Gasteiger partial charge in [-0.2, -0.15) is 0 Å². The molecule has 0 spiro atoms. The molecule has 100 valence electrons. The number of carbonyl (C=O) groups excluding carboxylic acids is 1. The summed E-state index contributed by atoms with van der Waals surface area (Å²) < 4.78 is 5.17. The smallest absolute Gasteiger partial charge is 0.412 e. The van der Waals surface area contributed by atoms with Crippen LogP contribution in [0.15, 0.2) is 24.3 Å². The van der Waals surface area contributed by atoms with Crippen molar-refractivity contribution in [3.8, 4) is 0 Å². The van der Waals surface area contributed by atoms with Gasteiger partial charge in [-0.25, -0.2) is 4.79 Å². The van der Waals surface area contributed by atoms with Crippen LogP contribution in [-0.4, -0.2) is 17.7 Å². The van der Waals surface area contributed by atoms with Gasteiger partial charge in [-0.3, -0.25) is 5.32 Å². The number of hydrogen-bond donors (Lipinski definition) is 2. The van der Waals surface area contributed by atoms with Crippen molar-refractivity contribution >= 4 is 17.5 Å². The Kier molecular flexibility index (Phi) is 4.59. The van der Waals surface area contributed by atoms with Crippen molar-refractivity contribution in [3.05, 3.63) is 24.3 Å². The molecule has 1 amide bonds. The molecule has 4 heteroatoms. The van der Waals surface area contributed by atoms with Crippen LogP contribution < -0.4 is 10.6 Å². The second kappa shape index (κ2) is 5.76. The summed E-state index contributed by atoms with van der Waals surface area (Å²) in [6, 6.07) is 7.91. The van der Waals surface area contributed by atoms with E-state index in [1.807, 2.05) is 45.0 Å². The third-order valence-corrected chi connectivity index (χ3v) is 1.99. The Labute approximate surface area is 109 Å². The predicted molar refractivity (Wildman–Crippen MR) is 75.1 cm³/mol. The Morgan fingerprint density at radius 3 is 2.06 bits per heavy atom. The van der Waals surface area contributed by atoms with Gasteiger partial charge in [0.25, 0.3) is 0 Å². The summed E-state index contributed by atoms with van der Waals surface area (Å²) in [6.07, 6.45) is -0.438. The Bertz CT molecular complexity index is 391. The molecule has 0 aromatic heterocycles. The van der Waals surface area contributed by atoms with Crippen molar-refractivity contribution in [1.29, 1.82) is 0 Å². The first-order valence-corrected chi connectivity index (χ1v) is 6.13. The van der Waals surface area contributed by atoms with E-state index in [2.05, 4.69) is 24.5 Å². The van der Waals surface area contributed by atoms with E-state index in [1.165, 1.54) is 0 Å². The summed E-state index contributed by atoms with van der Waals surface area (Å²) in [5.74, 6) is 0. The molecule has 0 aliphatic carbocycles. The van der Waals surface area contributed by atoms with E-state index in [9.17, 15) is 4.79 Å². The standard InChI is InChI=1S/C14H22N2O2/c1-10(2)15-11-6-8-12(9-7-11)16-13(17)18-14(3,4)5/h6-10,15H,1-5H3,(H,16,17). The van der Waals surface area contributed by atoms with E-state index in [-0.39, 0.29) is 0 Å². The average molecular weight is 250 g/mol. The Balaban J connectivity index is 2.56. The maximum Gasteiger partial charge on any atom is 0.412 e. The lowest BCUT2D eigenvalue weighted by Crippen LogP contribution is -2.27. The molecule has 0 heterocycles. The zero-order chi connectivity index (χ0) is 13.8. The first-order chi connectivity index (χ1) is 8.26. The molecule has 4 nitrogen and oxygen atoms in total. The minimum absolute atomic E-state index is 0.384. The largest absolute Gasteiger partial charge is 0.444 e. The normalized spacial score (nSPS) is 11.2. The molecule has 0 saturated heterocycles. The van der Waals surface area contributed by atoms with Gasteiger partial charge in [0.15, 0.2) is 0 Å². The van der Waals surface area contributed by atoms with Crippen molar-refractivity contribution in [3.63, 3.8) is 0 Å². The van der Waals surface area contributed by atoms with E-state index in [0.29, 0.717) is 6.04 Å². The quantitative estimate of drug-likeness (QED) is 0.856. The zero-order valence-electron chi connectivity index (χ0n) is 11.7. The highest BCUT2D eigenvalue weighted by Gasteiger charge is 2.15. The number of benzene rings is 1. The Hall–Kier alpha value is -1.71. The molecule has 1 aromatic carbocycles. The highest BCUT2D eigenvalue weighted by molar-refractivity contribution is 5.85. The Morgan fingerprint density at radius 1 is 1.11 bits per heavy atom. The molecule has 2 N–H and O–H groups in total. The fraction of sp³-hybridized carbons (Fsp3) is 0.500. The molecule has 0 bridgehead atoms. The van der Waals surface area contributed by atoms with E-state index in [0.717, 1.165) is 11.4 Å². The SMILES string of the molecule is CC(C)Nc1ccc(NC(=O)OC(C)(C)C)cc1. The summed E-state index contributed by atoms with van der Waals surface area (Å²) >= 11 is 0. The van der Waals surface area contributed by atoms with Crippen molar-refractivity contribution < 1.29 is 9.53 Å². The first kappa shape index (κ1) is 14.4. The van der Waals surface area contributed by atoms with Crippen molar-refractivity contribution in [2.75, 3.05) is 10.6 Å². The van der Waals surface area contributed by atoms with E-state index in [1.54, 1.807) is 0 Å². The third kappa shape index (κ3) is 5.57. The summed E-state index contributed by atoms with van der Waals surface area (Å²) in [5, 5.41) is 5.97. The molecule has 0 radical (unpaired) electrons. The molecular formula is C14H22N2O2. The van der Waals surface area contributed by atoms with Crippen LogP contribution in [0.4, 0.5) is 16.2 Å². The van der Waals surface area contributed by atoms with Crippen molar-refractivity contribution in [1.82, 2.24) is 0 Å². The van der Waals surface area contributed by atoms with Gasteiger partial charge >= 0.3 is 6.09 Å². The number of rotatable bonds is 3. The number of carbonyl (C=O) groups is 1. The van der Waals surface area contributed by atoms with Crippen LogP contribution in [0.5, 0.6) is 0 Å². The molecule has 0 fully saturated rings. The minimum Gasteiger partial charge on any atom is -0.444 e. The first-order valence-electron chi connectivity index (χ1n) is 6.13. The second-order valence-corrected chi connectivity index (χ2v) is 5.50. The lowest BCUT2D eigenvalue weighted by Gasteiger charge is -2.19. The Morgan fingerprint density at radius 2 is 1.61 bits per heavy atom. The minimum atomic E-state index is -0.483. The molecule has 0 unspecified atom stereocenters. The van der Waals surface area contributed by atoms with E-state index in [4.69, 9.17) is 4.74 Å². The summed E-state index contributed by atoms with van der Waals surface area (Å²) in [5.41, 5.74) is 1.27. The van der Waals surface area contributed by atoms with Gasteiger partial charge in [-0.05, 0) is 58.9 Å². The van der Waals surface area contributed by atoms with Gasteiger partial charge in [-0.1, -0.05) is 0 Å². The average Bonchev–Trinajstić information content (AvgIpc) is 2.17. The maximum atomic E-state index is 11.5. The van der Waals surface area contributed by atoms with Crippen LogP contribution in [0, 0.1) is 0 Å². The lowest BCUT2D eigenvalue weighted by atomic mass is 10.2. The number of nitrogens with one attached hydrogen (secondary N) is 2. The van der Waals surface area contributed by atoms with Gasteiger partial charge < -0.3 is 10.1 Å². The number of hydrogen-bond acceptors (Lipinski definition) is 3. The molecule has 0 aliphatic heterocycles. The number of amides is 1. The molecule has 18 heavy (non-hydrogen) atoms. The van der Waals surface area contributed by atoms with Gasteiger partial charge in [0.2, 0.25) is 0 Å². The number of anilines is 2. The summed E-state index contributed by atoms with van der Waals surface area (Å²) in [6.45, 7) is 9.66. The van der Waals surface area contributed by atoms with E-state index >= 15 is 0 Å². The molecule has 1 rings (SSSR count). The molecular weight excluding hydrogens is 228 g/mol. The van der Waals surface area contributed by atoms with Crippen LogP contribution in [-0.2, 0) is 4.74 Å². The van der Waals surface area contributed by atoms with Crippen molar-refractivity contribution in [2.24, 2.45) is 0 Å². The van der Waals surface area contributed by atoms with Crippen LogP contribution in [0.3, 0.4) is 0 Å². The predicted octanol–water partition coefficient (Wildman–Crippen LogP) is 3.85. The van der Waals surface area contributed by atoms with Gasteiger partial charge in [0, 0.05) is 17.4 Å². The molecule has 0 aliphatic rings. The van der Waals surface area contributed by atoms with Crippen molar-refractivity contribution in [2.45, 2.75) is 46.3 Å². The molecule has 0 saturated carbocycles. The summed E-state index contributed by atoms with van der Waals surface area (Å²) in [7, 11) is 0. The van der Waals surface area contributed by atoms with Gasteiger partial charge in [0.1, 0.15) is 5.60 Å². The highest BCUT2D eigenvalue weighted by atomic mass is 16.6. The van der Waals surface area contributed by atoms with Crippen LogP contribution in [0.25, 0.3) is 0 Å². The fourth-order valence-corrected chi connectivity index (χ4v) is 1.40. The number of ether oxygens (including phenoxy) is 1. The third-order valence-electron chi connectivity index (χ3n) is 1.99. The highest BCUT2D eigenvalue weighted by Crippen LogP contribution is 2.15. The molecule has 0 atom stereocenters. The monoisotopic (exact) mass is 250 g/mol. The maximum absolute atomic E-state index is 11.5. The topological polar surface area (TPSA) is 50.4 Å². The molecule has 1 aromatic rings. The second-order valence-electron chi connectivity index (χ2n) is 5.50. The van der Waals surface area contributed by atoms with Crippen LogP contribution in [0.2, 0.25) is 0 Å². The van der Waals surface area contributed by atoms with Crippen LogP contribution >= 0.6 is 0 Å². The van der Waals surface area contributed by atoms with Gasteiger partial charge in [-0.15, -0.1) is 0 Å². The fourth-order valence-electron chi connectivity index (χ4n) is 1.40. The van der Waals surface area contributed by atoms with Gasteiger partial charge in [0.05, 0.1) is 0 Å².